The summed E-state index contributed by atoms with van der Waals surface area (Å²) in [4.78, 5) is 28.3. The second-order valence-corrected chi connectivity index (χ2v) is 6.68. The van der Waals surface area contributed by atoms with Gasteiger partial charge in [-0.2, -0.15) is 0 Å². The number of hydrogen-bond donors (Lipinski definition) is 1. The van der Waals surface area contributed by atoms with E-state index in [1.165, 1.54) is 18.0 Å². The summed E-state index contributed by atoms with van der Waals surface area (Å²) in [7, 11) is 0. The highest BCUT2D eigenvalue weighted by Gasteiger charge is 2.08. The topological polar surface area (TPSA) is 59.1 Å². The molecule has 0 aliphatic rings. The van der Waals surface area contributed by atoms with Crippen LogP contribution in [0.25, 0.3) is 0 Å². The van der Waals surface area contributed by atoms with E-state index in [9.17, 15) is 9.59 Å². The van der Waals surface area contributed by atoms with Crippen LogP contribution in [0.15, 0.2) is 73.1 Å². The molecule has 5 heteroatoms. The van der Waals surface area contributed by atoms with Crippen LogP contribution in [-0.2, 0) is 17.6 Å². The number of hydrogen-bond acceptors (Lipinski definition) is 3. The molecular formula is C22H19ClN2O2. The Balaban J connectivity index is 1.52. The molecule has 0 radical (unpaired) electrons. The lowest BCUT2D eigenvalue weighted by molar-refractivity contribution is -0.118. The van der Waals surface area contributed by atoms with E-state index in [0.29, 0.717) is 29.1 Å². The number of amides is 1. The number of halogens is 1. The first-order chi connectivity index (χ1) is 13.1. The van der Waals surface area contributed by atoms with Crippen LogP contribution in [0.3, 0.4) is 0 Å². The van der Waals surface area contributed by atoms with Crippen LogP contribution >= 0.6 is 11.6 Å². The normalized spacial score (nSPS) is 10.4. The fourth-order valence-electron chi connectivity index (χ4n) is 2.69. The Bertz CT molecular complexity index is 925. The third kappa shape index (κ3) is 5.76. The van der Waals surface area contributed by atoms with Gasteiger partial charge in [-0.25, -0.2) is 0 Å². The zero-order valence-electron chi connectivity index (χ0n) is 14.7. The summed E-state index contributed by atoms with van der Waals surface area (Å²) in [6, 6.07) is 18.8. The van der Waals surface area contributed by atoms with Gasteiger partial charge < -0.3 is 5.32 Å². The van der Waals surface area contributed by atoms with Crippen LogP contribution < -0.4 is 5.32 Å². The van der Waals surface area contributed by atoms with Crippen molar-refractivity contribution in [1.29, 1.82) is 0 Å². The second-order valence-electron chi connectivity index (χ2n) is 6.24. The highest BCUT2D eigenvalue weighted by Crippen LogP contribution is 2.14. The number of aryl methyl sites for hydroxylation is 1. The molecule has 1 heterocycles. The number of rotatable bonds is 7. The van der Waals surface area contributed by atoms with Gasteiger partial charge in [0.25, 0.3) is 5.91 Å². The molecule has 0 fully saturated rings. The van der Waals surface area contributed by atoms with Gasteiger partial charge in [0.1, 0.15) is 5.78 Å². The predicted molar refractivity (Wildman–Crippen MR) is 107 cm³/mol. The van der Waals surface area contributed by atoms with E-state index in [-0.39, 0.29) is 11.7 Å². The molecule has 0 bridgehead atoms. The summed E-state index contributed by atoms with van der Waals surface area (Å²) < 4.78 is 0. The second kappa shape index (κ2) is 9.10. The van der Waals surface area contributed by atoms with Crippen LogP contribution in [0, 0.1) is 0 Å². The van der Waals surface area contributed by atoms with Gasteiger partial charge in [-0.3, -0.25) is 14.6 Å². The molecule has 136 valence electrons. The summed E-state index contributed by atoms with van der Waals surface area (Å²) >= 11 is 5.85. The molecule has 3 rings (SSSR count). The summed E-state index contributed by atoms with van der Waals surface area (Å²) in [5.41, 5.74) is 3.14. The van der Waals surface area contributed by atoms with Crippen molar-refractivity contribution in [2.45, 2.75) is 19.3 Å². The van der Waals surface area contributed by atoms with Crippen LogP contribution in [0.5, 0.6) is 0 Å². The lowest BCUT2D eigenvalue weighted by atomic mass is 10.0. The maximum atomic E-state index is 12.2. The zero-order valence-corrected chi connectivity index (χ0v) is 15.4. The maximum Gasteiger partial charge on any atom is 0.257 e. The lowest BCUT2D eigenvalue weighted by Gasteiger charge is -2.07. The third-order valence-corrected chi connectivity index (χ3v) is 4.32. The lowest BCUT2D eigenvalue weighted by Crippen LogP contribution is -2.12. The quantitative estimate of drug-likeness (QED) is 0.646. The molecule has 27 heavy (non-hydrogen) atoms. The third-order valence-electron chi connectivity index (χ3n) is 4.12. The smallest absolute Gasteiger partial charge is 0.257 e. The Morgan fingerprint density at radius 1 is 0.926 bits per heavy atom. The number of nitrogens with one attached hydrogen (secondary N) is 1. The van der Waals surface area contributed by atoms with E-state index in [1.54, 1.807) is 18.2 Å². The molecule has 0 saturated carbocycles. The van der Waals surface area contributed by atoms with Crippen molar-refractivity contribution in [2.24, 2.45) is 0 Å². The Morgan fingerprint density at radius 2 is 1.67 bits per heavy atom. The van der Waals surface area contributed by atoms with Crippen molar-refractivity contribution in [1.82, 2.24) is 4.98 Å². The minimum Gasteiger partial charge on any atom is -0.322 e. The average Bonchev–Trinajstić information content (AvgIpc) is 2.69. The number of carbonyl (C=O) groups is 2. The van der Waals surface area contributed by atoms with Crippen LogP contribution in [0.4, 0.5) is 5.69 Å². The van der Waals surface area contributed by atoms with E-state index >= 15 is 0 Å². The van der Waals surface area contributed by atoms with Gasteiger partial charge in [0.15, 0.2) is 0 Å². The number of Topliss-reactive ketones (excluding diaryl/α,β-unsaturated/α-hetero) is 1. The Hall–Kier alpha value is -2.98. The van der Waals surface area contributed by atoms with Crippen LogP contribution in [-0.4, -0.2) is 16.7 Å². The molecule has 3 aromatic rings. The molecular weight excluding hydrogens is 360 g/mol. The van der Waals surface area contributed by atoms with Gasteiger partial charge in [0.05, 0.1) is 10.6 Å². The Kier molecular flexibility index (Phi) is 6.34. The van der Waals surface area contributed by atoms with Crippen molar-refractivity contribution < 1.29 is 9.59 Å². The molecule has 1 aromatic heterocycles. The Morgan fingerprint density at radius 3 is 2.37 bits per heavy atom. The molecule has 0 aliphatic heterocycles. The van der Waals surface area contributed by atoms with E-state index < -0.39 is 0 Å². The number of benzene rings is 2. The largest absolute Gasteiger partial charge is 0.322 e. The maximum absolute atomic E-state index is 12.2. The fraction of sp³-hybridized carbons (Fsp3) is 0.136. The average molecular weight is 379 g/mol. The molecule has 1 amide bonds. The van der Waals surface area contributed by atoms with Gasteiger partial charge in [0.2, 0.25) is 0 Å². The SMILES string of the molecule is O=C(CCc1ccccc1)Cc1ccc(NC(=O)c2cncc(Cl)c2)cc1. The number of anilines is 1. The van der Waals surface area contributed by atoms with E-state index in [2.05, 4.69) is 10.3 Å². The molecule has 0 atom stereocenters. The Labute approximate surface area is 163 Å². The first-order valence-corrected chi connectivity index (χ1v) is 9.04. The molecule has 0 saturated heterocycles. The standard InChI is InChI=1S/C22H19ClN2O2/c23-19-13-18(14-24-15-19)22(27)25-20-9-6-17(7-10-20)12-21(26)11-8-16-4-2-1-3-5-16/h1-7,9-10,13-15H,8,11-12H2,(H,25,27). The van der Waals surface area contributed by atoms with E-state index in [1.807, 2.05) is 42.5 Å². The van der Waals surface area contributed by atoms with Crippen LogP contribution in [0.2, 0.25) is 5.02 Å². The van der Waals surface area contributed by atoms with Gasteiger partial charge in [0, 0.05) is 30.9 Å². The highest BCUT2D eigenvalue weighted by atomic mass is 35.5. The van der Waals surface area contributed by atoms with E-state index in [0.717, 1.165) is 12.0 Å². The summed E-state index contributed by atoms with van der Waals surface area (Å²) in [5.74, 6) is -0.0858. The number of nitrogens with zero attached hydrogens (tertiary/aromatic N) is 1. The highest BCUT2D eigenvalue weighted by molar-refractivity contribution is 6.30. The summed E-state index contributed by atoms with van der Waals surface area (Å²) in [5, 5.41) is 3.20. The minimum absolute atomic E-state index is 0.195. The van der Waals surface area contributed by atoms with Crippen molar-refractivity contribution in [3.05, 3.63) is 94.8 Å². The first kappa shape index (κ1) is 18.8. The molecule has 0 spiro atoms. The molecule has 2 aromatic carbocycles. The van der Waals surface area contributed by atoms with Crippen molar-refractivity contribution >= 4 is 29.0 Å². The first-order valence-electron chi connectivity index (χ1n) is 8.66. The molecule has 1 N–H and O–H groups in total. The molecule has 4 nitrogen and oxygen atoms in total. The number of ketones is 1. The van der Waals surface area contributed by atoms with Crippen molar-refractivity contribution in [3.8, 4) is 0 Å². The van der Waals surface area contributed by atoms with Crippen LogP contribution in [0.1, 0.15) is 27.9 Å². The number of aromatic nitrogens is 1. The van der Waals surface area contributed by atoms with Gasteiger partial charge in [-0.15, -0.1) is 0 Å². The van der Waals surface area contributed by atoms with Gasteiger partial charge >= 0.3 is 0 Å². The minimum atomic E-state index is -0.281. The molecule has 0 unspecified atom stereocenters. The van der Waals surface area contributed by atoms with Gasteiger partial charge in [-0.1, -0.05) is 54.1 Å². The summed E-state index contributed by atoms with van der Waals surface area (Å²) in [6.45, 7) is 0. The monoisotopic (exact) mass is 378 g/mol. The van der Waals surface area contributed by atoms with Gasteiger partial charge in [-0.05, 0) is 35.7 Å². The molecule has 0 aliphatic carbocycles. The number of carbonyl (C=O) groups excluding carboxylic acids is 2. The number of pyridine rings is 1. The van der Waals surface area contributed by atoms with Crippen molar-refractivity contribution in [3.63, 3.8) is 0 Å². The predicted octanol–water partition coefficient (Wildman–Crippen LogP) is 4.73. The zero-order chi connectivity index (χ0) is 19.1. The summed E-state index contributed by atoms with van der Waals surface area (Å²) in [6.07, 6.45) is 4.59. The fourth-order valence-corrected chi connectivity index (χ4v) is 2.86. The van der Waals surface area contributed by atoms with E-state index in [4.69, 9.17) is 11.6 Å². The van der Waals surface area contributed by atoms with Crippen molar-refractivity contribution in [2.75, 3.05) is 5.32 Å².